The quantitative estimate of drug-likeness (QED) is 0.682. The second-order valence-electron chi connectivity index (χ2n) is 5.45. The van der Waals surface area contributed by atoms with Crippen LogP contribution in [0.3, 0.4) is 0 Å². The fourth-order valence-corrected chi connectivity index (χ4v) is 2.31. The highest BCUT2D eigenvalue weighted by Crippen LogP contribution is 2.17. The molecule has 114 valence electrons. The molecule has 0 atom stereocenters. The van der Waals surface area contributed by atoms with Crippen LogP contribution in [0.2, 0.25) is 0 Å². The Labute approximate surface area is 125 Å². The first-order chi connectivity index (χ1) is 10.2. The van der Waals surface area contributed by atoms with E-state index in [4.69, 9.17) is 0 Å². The van der Waals surface area contributed by atoms with Crippen LogP contribution < -0.4 is 10.6 Å². The van der Waals surface area contributed by atoms with E-state index in [1.54, 1.807) is 0 Å². The van der Waals surface area contributed by atoms with Crippen molar-refractivity contribution in [3.8, 4) is 0 Å². The van der Waals surface area contributed by atoms with Crippen LogP contribution in [0.1, 0.15) is 12.0 Å². The number of hydrogen-bond donors (Lipinski definition) is 3. The number of nitrogens with zero attached hydrogens (tertiary/aromatic N) is 1. The van der Waals surface area contributed by atoms with Crippen LogP contribution in [0.15, 0.2) is 30.5 Å². The zero-order chi connectivity index (χ0) is 15.1. The number of nitrogens with one attached hydrogen (secondary N) is 3. The number of aromatic nitrogens is 1. The Morgan fingerprint density at radius 1 is 1.19 bits per heavy atom. The van der Waals surface area contributed by atoms with Gasteiger partial charge in [-0.1, -0.05) is 18.2 Å². The highest BCUT2D eigenvalue weighted by Gasteiger charge is 2.04. The van der Waals surface area contributed by atoms with Crippen molar-refractivity contribution in [3.05, 3.63) is 36.0 Å². The van der Waals surface area contributed by atoms with Gasteiger partial charge in [0.05, 0.1) is 0 Å². The third kappa shape index (κ3) is 4.79. The SMILES string of the molecule is CN(C)CCCNC(=O)NCCc1c[nH]c2ccccc12. The molecule has 0 aliphatic heterocycles. The van der Waals surface area contributed by atoms with E-state index in [-0.39, 0.29) is 6.03 Å². The summed E-state index contributed by atoms with van der Waals surface area (Å²) in [7, 11) is 4.06. The van der Waals surface area contributed by atoms with Crippen molar-refractivity contribution in [3.63, 3.8) is 0 Å². The number of hydrogen-bond acceptors (Lipinski definition) is 2. The molecule has 2 amide bonds. The maximum Gasteiger partial charge on any atom is 0.314 e. The lowest BCUT2D eigenvalue weighted by atomic mass is 10.1. The molecular weight excluding hydrogens is 264 g/mol. The van der Waals surface area contributed by atoms with E-state index in [0.717, 1.165) is 24.9 Å². The molecule has 0 saturated carbocycles. The Balaban J connectivity index is 1.68. The minimum absolute atomic E-state index is 0.0893. The zero-order valence-electron chi connectivity index (χ0n) is 12.8. The number of carbonyl (C=O) groups excluding carboxylic acids is 1. The molecule has 0 radical (unpaired) electrons. The lowest BCUT2D eigenvalue weighted by molar-refractivity contribution is 0.240. The van der Waals surface area contributed by atoms with Gasteiger partial charge in [-0.25, -0.2) is 4.79 Å². The number of fused-ring (bicyclic) bond motifs is 1. The lowest BCUT2D eigenvalue weighted by Gasteiger charge is -2.10. The fourth-order valence-electron chi connectivity index (χ4n) is 2.31. The molecule has 0 unspecified atom stereocenters. The number of amides is 2. The summed E-state index contributed by atoms with van der Waals surface area (Å²) in [6, 6.07) is 8.12. The Bertz CT molecular complexity index is 576. The highest BCUT2D eigenvalue weighted by atomic mass is 16.2. The topological polar surface area (TPSA) is 60.2 Å². The van der Waals surface area contributed by atoms with Gasteiger partial charge in [0.2, 0.25) is 0 Å². The van der Waals surface area contributed by atoms with Crippen molar-refractivity contribution >= 4 is 16.9 Å². The third-order valence-electron chi connectivity index (χ3n) is 3.42. The smallest absolute Gasteiger partial charge is 0.314 e. The summed E-state index contributed by atoms with van der Waals surface area (Å²) in [5.74, 6) is 0. The predicted molar refractivity (Wildman–Crippen MR) is 86.6 cm³/mol. The van der Waals surface area contributed by atoms with E-state index in [1.165, 1.54) is 10.9 Å². The number of carbonyl (C=O) groups is 1. The van der Waals surface area contributed by atoms with E-state index >= 15 is 0 Å². The fraction of sp³-hybridized carbons (Fsp3) is 0.438. The van der Waals surface area contributed by atoms with E-state index in [9.17, 15) is 4.79 Å². The normalized spacial score (nSPS) is 11.0. The summed E-state index contributed by atoms with van der Waals surface area (Å²) in [5.41, 5.74) is 2.37. The number of rotatable bonds is 7. The van der Waals surface area contributed by atoms with Gasteiger partial charge in [0.25, 0.3) is 0 Å². The first-order valence-electron chi connectivity index (χ1n) is 7.38. The van der Waals surface area contributed by atoms with Crippen molar-refractivity contribution in [1.29, 1.82) is 0 Å². The maximum atomic E-state index is 11.6. The molecule has 3 N–H and O–H groups in total. The Kier molecular flexibility index (Phi) is 5.63. The monoisotopic (exact) mass is 288 g/mol. The molecule has 0 bridgehead atoms. The Hall–Kier alpha value is -2.01. The van der Waals surface area contributed by atoms with Crippen molar-refractivity contribution in [2.45, 2.75) is 12.8 Å². The van der Waals surface area contributed by atoms with Crippen LogP contribution in [0.4, 0.5) is 4.79 Å². The molecule has 0 spiro atoms. The molecule has 21 heavy (non-hydrogen) atoms. The number of para-hydroxylation sites is 1. The molecule has 0 aliphatic rings. The lowest BCUT2D eigenvalue weighted by Crippen LogP contribution is -2.37. The molecule has 0 fully saturated rings. The highest BCUT2D eigenvalue weighted by molar-refractivity contribution is 5.83. The van der Waals surface area contributed by atoms with Crippen LogP contribution >= 0.6 is 0 Å². The van der Waals surface area contributed by atoms with E-state index in [0.29, 0.717) is 13.1 Å². The first-order valence-corrected chi connectivity index (χ1v) is 7.38. The van der Waals surface area contributed by atoms with Gasteiger partial charge < -0.3 is 20.5 Å². The second-order valence-corrected chi connectivity index (χ2v) is 5.45. The summed E-state index contributed by atoms with van der Waals surface area (Å²) in [4.78, 5) is 17.0. The third-order valence-corrected chi connectivity index (χ3v) is 3.42. The molecule has 1 heterocycles. The minimum atomic E-state index is -0.0893. The van der Waals surface area contributed by atoms with Gasteiger partial charge in [0.1, 0.15) is 0 Å². The van der Waals surface area contributed by atoms with Gasteiger partial charge in [-0.05, 0) is 45.1 Å². The molecule has 0 saturated heterocycles. The van der Waals surface area contributed by atoms with E-state index in [2.05, 4.69) is 32.7 Å². The number of aromatic amines is 1. The summed E-state index contributed by atoms with van der Waals surface area (Å²) in [5, 5.41) is 6.99. The van der Waals surface area contributed by atoms with Crippen molar-refractivity contribution in [2.24, 2.45) is 0 Å². The van der Waals surface area contributed by atoms with Crippen LogP contribution in [0, 0.1) is 0 Å². The average molecular weight is 288 g/mol. The van der Waals surface area contributed by atoms with Gasteiger partial charge >= 0.3 is 6.03 Å². The second kappa shape index (κ2) is 7.69. The first kappa shape index (κ1) is 15.4. The molecule has 1 aromatic heterocycles. The molecule has 2 aromatic rings. The molecule has 5 nitrogen and oxygen atoms in total. The molecule has 2 rings (SSSR count). The molecule has 5 heteroatoms. The summed E-state index contributed by atoms with van der Waals surface area (Å²) < 4.78 is 0. The van der Waals surface area contributed by atoms with Gasteiger partial charge in [0, 0.05) is 30.2 Å². The van der Waals surface area contributed by atoms with Crippen LogP contribution in [-0.4, -0.2) is 49.6 Å². The standard InChI is InChI=1S/C16H24N4O/c1-20(2)11-5-9-17-16(21)18-10-8-13-12-19-15-7-4-3-6-14(13)15/h3-4,6-7,12,19H,5,8-11H2,1-2H3,(H2,17,18,21). The van der Waals surface area contributed by atoms with E-state index < -0.39 is 0 Å². The van der Waals surface area contributed by atoms with Crippen LogP contribution in [-0.2, 0) is 6.42 Å². The minimum Gasteiger partial charge on any atom is -0.361 e. The molecule has 0 aliphatic carbocycles. The molecule has 1 aromatic carbocycles. The van der Waals surface area contributed by atoms with Crippen LogP contribution in [0.25, 0.3) is 10.9 Å². The van der Waals surface area contributed by atoms with Gasteiger partial charge in [0.15, 0.2) is 0 Å². The van der Waals surface area contributed by atoms with Gasteiger partial charge in [-0.3, -0.25) is 0 Å². The Morgan fingerprint density at radius 2 is 1.95 bits per heavy atom. The van der Waals surface area contributed by atoms with Gasteiger partial charge in [-0.15, -0.1) is 0 Å². The van der Waals surface area contributed by atoms with E-state index in [1.807, 2.05) is 32.4 Å². The zero-order valence-corrected chi connectivity index (χ0v) is 12.8. The molecular formula is C16H24N4O. The summed E-state index contributed by atoms with van der Waals surface area (Å²) in [6.45, 7) is 2.33. The van der Waals surface area contributed by atoms with Crippen molar-refractivity contribution < 1.29 is 4.79 Å². The maximum absolute atomic E-state index is 11.6. The number of urea groups is 1. The largest absolute Gasteiger partial charge is 0.361 e. The Morgan fingerprint density at radius 3 is 2.76 bits per heavy atom. The van der Waals surface area contributed by atoms with Gasteiger partial charge in [-0.2, -0.15) is 0 Å². The average Bonchev–Trinajstić information content (AvgIpc) is 2.87. The summed E-state index contributed by atoms with van der Waals surface area (Å²) in [6.07, 6.45) is 3.80. The number of benzene rings is 1. The predicted octanol–water partition coefficient (Wildman–Crippen LogP) is 1.96. The van der Waals surface area contributed by atoms with Crippen molar-refractivity contribution in [1.82, 2.24) is 20.5 Å². The summed E-state index contributed by atoms with van der Waals surface area (Å²) >= 11 is 0. The number of H-pyrrole nitrogens is 1. The van der Waals surface area contributed by atoms with Crippen molar-refractivity contribution in [2.75, 3.05) is 33.7 Å². The van der Waals surface area contributed by atoms with Crippen LogP contribution in [0.5, 0.6) is 0 Å².